The van der Waals surface area contributed by atoms with Crippen LogP contribution in [-0.2, 0) is 33.6 Å². The van der Waals surface area contributed by atoms with Crippen LogP contribution in [0.2, 0.25) is 0 Å². The lowest BCUT2D eigenvalue weighted by atomic mass is 9.59. The number of aryl methyl sites for hydroxylation is 2. The fourth-order valence-corrected chi connectivity index (χ4v) is 5.78. The van der Waals surface area contributed by atoms with Crippen molar-refractivity contribution in [2.24, 2.45) is 23.5 Å². The van der Waals surface area contributed by atoms with Crippen molar-refractivity contribution in [1.29, 1.82) is 0 Å². The van der Waals surface area contributed by atoms with Crippen molar-refractivity contribution >= 4 is 23.2 Å². The third-order valence-electron chi connectivity index (χ3n) is 7.61. The highest BCUT2D eigenvalue weighted by Gasteiger charge is 2.60. The number of amides is 1. The lowest BCUT2D eigenvalue weighted by Crippen LogP contribution is -2.58. The molecule has 1 saturated carbocycles. The highest BCUT2D eigenvalue weighted by Crippen LogP contribution is 2.52. The number of benzene rings is 1. The van der Waals surface area contributed by atoms with Gasteiger partial charge in [-0.15, -0.1) is 0 Å². The van der Waals surface area contributed by atoms with Crippen LogP contribution in [0, 0.1) is 17.8 Å². The van der Waals surface area contributed by atoms with Crippen LogP contribution in [0.1, 0.15) is 62.3 Å². The number of aromatic hydroxyl groups is 1. The first-order valence-electron chi connectivity index (χ1n) is 11.8. The molecule has 1 amide bonds. The molecule has 1 aromatic carbocycles. The van der Waals surface area contributed by atoms with Crippen LogP contribution in [0.4, 0.5) is 0 Å². The molecule has 8 heteroatoms. The van der Waals surface area contributed by atoms with E-state index in [0.717, 1.165) is 17.5 Å². The molecular formula is C26H31NO7. The molecule has 1 aromatic rings. The van der Waals surface area contributed by atoms with Crippen LogP contribution < -0.4 is 5.73 Å². The normalized spacial score (nSPS) is 26.5. The standard InChI is InChI=1S/C26H31NO7/c1-4-12-7-13(6-5-11(2)3)21(29)19-16(12)9-14-8-15-10-17(28)20(25(27)33)24(32)26(15,34)23(31)18(14)22(19)30/h7,11,14-15,29-30,32,34H,4-6,8-10H2,1-3H3,(H2,27,33). The van der Waals surface area contributed by atoms with E-state index in [9.17, 15) is 34.8 Å². The number of carbonyl (C=O) groups is 3. The second kappa shape index (κ2) is 8.27. The van der Waals surface area contributed by atoms with Crippen molar-refractivity contribution in [3.8, 4) is 5.75 Å². The molecule has 182 valence electrons. The van der Waals surface area contributed by atoms with E-state index in [1.165, 1.54) is 0 Å². The van der Waals surface area contributed by atoms with Gasteiger partial charge in [-0.05, 0) is 60.6 Å². The topological polar surface area (TPSA) is 158 Å². The van der Waals surface area contributed by atoms with E-state index < -0.39 is 52.0 Å². The Labute approximate surface area is 197 Å². The molecule has 4 rings (SSSR count). The fourth-order valence-electron chi connectivity index (χ4n) is 5.78. The molecule has 3 unspecified atom stereocenters. The molecule has 0 aliphatic heterocycles. The maximum Gasteiger partial charge on any atom is 0.255 e. The number of Topliss-reactive ketones (excluding diaryl/α,β-unsaturated/α-hetero) is 2. The molecule has 0 saturated heterocycles. The van der Waals surface area contributed by atoms with Gasteiger partial charge >= 0.3 is 0 Å². The Morgan fingerprint density at radius 2 is 1.85 bits per heavy atom. The monoisotopic (exact) mass is 469 g/mol. The second-order valence-electron chi connectivity index (χ2n) is 10.1. The summed E-state index contributed by atoms with van der Waals surface area (Å²) in [6.45, 7) is 6.13. The van der Waals surface area contributed by atoms with Gasteiger partial charge in [0, 0.05) is 17.9 Å². The first kappa shape index (κ1) is 24.0. The summed E-state index contributed by atoms with van der Waals surface area (Å²) in [5.41, 5.74) is 4.37. The van der Waals surface area contributed by atoms with Crippen LogP contribution >= 0.6 is 0 Å². The Hall–Kier alpha value is -3.13. The number of nitrogens with two attached hydrogens (primary N) is 1. The molecule has 0 radical (unpaired) electrons. The minimum Gasteiger partial charge on any atom is -0.508 e. The lowest BCUT2D eigenvalue weighted by molar-refractivity contribution is -0.147. The van der Waals surface area contributed by atoms with Crippen molar-refractivity contribution in [2.75, 3.05) is 0 Å². The number of aliphatic hydroxyl groups excluding tert-OH is 2. The van der Waals surface area contributed by atoms with Gasteiger partial charge in [-0.2, -0.15) is 0 Å². The molecule has 0 spiro atoms. The zero-order valence-corrected chi connectivity index (χ0v) is 19.6. The predicted octanol–water partition coefficient (Wildman–Crippen LogP) is 2.57. The Morgan fingerprint density at radius 1 is 1.18 bits per heavy atom. The molecule has 0 heterocycles. The largest absolute Gasteiger partial charge is 0.508 e. The third kappa shape index (κ3) is 3.35. The zero-order chi connectivity index (χ0) is 25.1. The van der Waals surface area contributed by atoms with Crippen LogP contribution in [0.25, 0.3) is 5.76 Å². The van der Waals surface area contributed by atoms with Gasteiger partial charge in [0.1, 0.15) is 22.8 Å². The molecule has 0 aromatic heterocycles. The fraction of sp³-hybridized carbons (Fsp3) is 0.500. The minimum atomic E-state index is -2.53. The number of fused-ring (bicyclic) bond motifs is 3. The van der Waals surface area contributed by atoms with Crippen LogP contribution in [0.5, 0.6) is 5.75 Å². The van der Waals surface area contributed by atoms with Gasteiger partial charge in [-0.25, -0.2) is 0 Å². The SMILES string of the molecule is CCc1cc(CCC(C)C)c(O)c2c1CC1CC3CC(=O)C(C(N)=O)=C(O)C3(O)C(=O)C1=C2O. The van der Waals surface area contributed by atoms with Crippen molar-refractivity contribution < 1.29 is 34.8 Å². The Bertz CT molecular complexity index is 1180. The smallest absolute Gasteiger partial charge is 0.255 e. The van der Waals surface area contributed by atoms with Crippen molar-refractivity contribution in [1.82, 2.24) is 0 Å². The number of phenols is 1. The zero-order valence-electron chi connectivity index (χ0n) is 19.6. The summed E-state index contributed by atoms with van der Waals surface area (Å²) in [4.78, 5) is 37.7. The highest BCUT2D eigenvalue weighted by atomic mass is 16.3. The van der Waals surface area contributed by atoms with Crippen LogP contribution in [0.3, 0.4) is 0 Å². The van der Waals surface area contributed by atoms with Crippen LogP contribution in [0.15, 0.2) is 23.0 Å². The van der Waals surface area contributed by atoms with Gasteiger partial charge in [0.05, 0.1) is 5.56 Å². The van der Waals surface area contributed by atoms with Crippen molar-refractivity contribution in [3.05, 3.63) is 45.2 Å². The van der Waals surface area contributed by atoms with Crippen molar-refractivity contribution in [2.45, 2.75) is 64.9 Å². The van der Waals surface area contributed by atoms with Gasteiger partial charge in [-0.1, -0.05) is 26.8 Å². The van der Waals surface area contributed by atoms with E-state index >= 15 is 0 Å². The summed E-state index contributed by atoms with van der Waals surface area (Å²) in [7, 11) is 0. The van der Waals surface area contributed by atoms with E-state index in [2.05, 4.69) is 13.8 Å². The number of hydrogen-bond donors (Lipinski definition) is 5. The molecule has 8 nitrogen and oxygen atoms in total. The van der Waals surface area contributed by atoms with Gasteiger partial charge in [0.2, 0.25) is 5.78 Å². The average molecular weight is 470 g/mol. The van der Waals surface area contributed by atoms with E-state index in [1.807, 2.05) is 13.0 Å². The number of phenolic OH excluding ortho intramolecular Hbond substituents is 1. The van der Waals surface area contributed by atoms with Gasteiger partial charge in [-0.3, -0.25) is 14.4 Å². The Balaban J connectivity index is 1.90. The van der Waals surface area contributed by atoms with E-state index in [1.54, 1.807) is 0 Å². The Kier molecular flexibility index (Phi) is 5.84. The summed E-state index contributed by atoms with van der Waals surface area (Å²) in [6.07, 6.45) is 2.26. The quantitative estimate of drug-likeness (QED) is 0.415. The maximum atomic E-state index is 13.6. The summed E-state index contributed by atoms with van der Waals surface area (Å²) >= 11 is 0. The molecule has 3 atom stereocenters. The maximum absolute atomic E-state index is 13.6. The van der Waals surface area contributed by atoms with Gasteiger partial charge in [0.25, 0.3) is 5.91 Å². The number of rotatable bonds is 5. The van der Waals surface area contributed by atoms with Crippen LogP contribution in [-0.4, -0.2) is 43.5 Å². The summed E-state index contributed by atoms with van der Waals surface area (Å²) in [5.74, 6) is -5.54. The molecule has 34 heavy (non-hydrogen) atoms. The second-order valence-corrected chi connectivity index (χ2v) is 10.1. The first-order chi connectivity index (χ1) is 15.9. The highest BCUT2D eigenvalue weighted by molar-refractivity contribution is 6.22. The predicted molar refractivity (Wildman–Crippen MR) is 124 cm³/mol. The van der Waals surface area contributed by atoms with Gasteiger partial charge < -0.3 is 26.2 Å². The third-order valence-corrected chi connectivity index (χ3v) is 7.61. The Morgan fingerprint density at radius 3 is 2.44 bits per heavy atom. The summed E-state index contributed by atoms with van der Waals surface area (Å²) in [5, 5.41) is 44.3. The molecule has 3 aliphatic rings. The number of primary amides is 1. The van der Waals surface area contributed by atoms with E-state index in [-0.39, 0.29) is 29.7 Å². The van der Waals surface area contributed by atoms with E-state index in [0.29, 0.717) is 30.7 Å². The number of hydrogen-bond acceptors (Lipinski definition) is 7. The summed E-state index contributed by atoms with van der Waals surface area (Å²) in [6, 6.07) is 1.95. The number of aliphatic hydroxyl groups is 3. The van der Waals surface area contributed by atoms with E-state index in [4.69, 9.17) is 5.73 Å². The summed E-state index contributed by atoms with van der Waals surface area (Å²) < 4.78 is 0. The number of ketones is 2. The minimum absolute atomic E-state index is 0.0883. The first-order valence-corrected chi connectivity index (χ1v) is 11.8. The lowest BCUT2D eigenvalue weighted by Gasteiger charge is -2.46. The van der Waals surface area contributed by atoms with Crippen molar-refractivity contribution in [3.63, 3.8) is 0 Å². The average Bonchev–Trinajstić information content (AvgIpc) is 2.75. The molecule has 3 aliphatic carbocycles. The molecule has 0 bridgehead atoms. The number of carbonyl (C=O) groups excluding carboxylic acids is 3. The van der Waals surface area contributed by atoms with Gasteiger partial charge in [0.15, 0.2) is 11.4 Å². The molecular weight excluding hydrogens is 438 g/mol. The molecule has 1 fully saturated rings. The molecule has 6 N–H and O–H groups in total.